The first-order valence-corrected chi connectivity index (χ1v) is 7.38. The van der Waals surface area contributed by atoms with E-state index in [0.29, 0.717) is 6.04 Å². The van der Waals surface area contributed by atoms with Gasteiger partial charge in [0, 0.05) is 30.5 Å². The van der Waals surface area contributed by atoms with Gasteiger partial charge >= 0.3 is 0 Å². The molecule has 2 aliphatic rings. The van der Waals surface area contributed by atoms with Crippen molar-refractivity contribution in [2.24, 2.45) is 0 Å². The predicted octanol–water partition coefficient (Wildman–Crippen LogP) is 1.99. The predicted molar refractivity (Wildman–Crippen MR) is 75.2 cm³/mol. The van der Waals surface area contributed by atoms with Crippen LogP contribution in [0.3, 0.4) is 0 Å². The lowest BCUT2D eigenvalue weighted by Crippen LogP contribution is -2.48. The Kier molecular flexibility index (Phi) is 2.58. The number of hydrogen-bond acceptors (Lipinski definition) is 4. The summed E-state index contributed by atoms with van der Waals surface area (Å²) in [7, 11) is 0. The summed E-state index contributed by atoms with van der Waals surface area (Å²) in [6.07, 6.45) is 9.02. The van der Waals surface area contributed by atoms with Gasteiger partial charge in [0.05, 0.1) is 16.7 Å². The van der Waals surface area contributed by atoms with Gasteiger partial charge in [-0.25, -0.2) is 9.97 Å². The maximum absolute atomic E-state index is 4.48. The van der Waals surface area contributed by atoms with Crippen molar-refractivity contribution in [3.05, 3.63) is 34.5 Å². The molecule has 0 spiro atoms. The first-order chi connectivity index (χ1) is 9.31. The van der Waals surface area contributed by atoms with E-state index in [1.165, 1.54) is 17.7 Å². The van der Waals surface area contributed by atoms with Crippen LogP contribution in [0.15, 0.2) is 23.2 Å². The fraction of sp³-hybridized carbons (Fsp3) is 0.462. The van der Waals surface area contributed by atoms with Crippen molar-refractivity contribution in [2.75, 3.05) is 18.0 Å². The zero-order valence-corrected chi connectivity index (χ0v) is 12.0. The van der Waals surface area contributed by atoms with E-state index in [2.05, 4.69) is 35.9 Å². The molecule has 2 aromatic heterocycles. The van der Waals surface area contributed by atoms with Gasteiger partial charge in [-0.3, -0.25) is 4.68 Å². The van der Waals surface area contributed by atoms with Gasteiger partial charge in [0.2, 0.25) is 0 Å². The second kappa shape index (κ2) is 4.30. The molecule has 4 rings (SSSR count). The van der Waals surface area contributed by atoms with Crippen LogP contribution in [0.4, 0.5) is 5.82 Å². The van der Waals surface area contributed by atoms with Crippen LogP contribution in [0.2, 0.25) is 0 Å². The van der Waals surface area contributed by atoms with Crippen molar-refractivity contribution in [3.8, 4) is 0 Å². The molecule has 0 amide bonds. The highest BCUT2D eigenvalue weighted by atomic mass is 79.9. The largest absolute Gasteiger partial charge is 0.352 e. The lowest BCUT2D eigenvalue weighted by molar-refractivity contribution is 0.365. The zero-order valence-electron chi connectivity index (χ0n) is 10.5. The van der Waals surface area contributed by atoms with Gasteiger partial charge in [0.25, 0.3) is 0 Å². The highest BCUT2D eigenvalue weighted by Crippen LogP contribution is 2.33. The van der Waals surface area contributed by atoms with E-state index in [4.69, 9.17) is 0 Å². The summed E-state index contributed by atoms with van der Waals surface area (Å²) in [5, 5.41) is 4.35. The van der Waals surface area contributed by atoms with E-state index in [0.717, 1.165) is 36.2 Å². The van der Waals surface area contributed by atoms with Crippen LogP contribution < -0.4 is 4.90 Å². The van der Waals surface area contributed by atoms with Crippen LogP contribution in [0, 0.1) is 0 Å². The molecule has 5 nitrogen and oxygen atoms in total. The van der Waals surface area contributed by atoms with Crippen molar-refractivity contribution >= 4 is 21.7 Å². The van der Waals surface area contributed by atoms with Crippen LogP contribution in [-0.2, 0) is 12.8 Å². The molecule has 0 aromatic carbocycles. The number of halogens is 1. The molecular weight excluding hydrogens is 306 g/mol. The minimum atomic E-state index is 0.457. The molecule has 19 heavy (non-hydrogen) atoms. The fourth-order valence-corrected chi connectivity index (χ4v) is 3.23. The molecule has 1 fully saturated rings. The summed E-state index contributed by atoms with van der Waals surface area (Å²) in [5.74, 6) is 1.14. The van der Waals surface area contributed by atoms with Gasteiger partial charge in [0.15, 0.2) is 0 Å². The molecule has 1 aliphatic heterocycles. The number of hydrogen-bond donors (Lipinski definition) is 0. The molecule has 1 saturated heterocycles. The Morgan fingerprint density at radius 1 is 1.21 bits per heavy atom. The van der Waals surface area contributed by atoms with Crippen LogP contribution in [-0.4, -0.2) is 32.8 Å². The molecule has 1 aliphatic carbocycles. The summed E-state index contributed by atoms with van der Waals surface area (Å²) in [6.45, 7) is 1.97. The molecular formula is C13H14BrN5. The maximum Gasteiger partial charge on any atom is 0.135 e. The van der Waals surface area contributed by atoms with Gasteiger partial charge in [-0.2, -0.15) is 5.10 Å². The third kappa shape index (κ3) is 1.85. The molecule has 0 saturated carbocycles. The number of fused-ring (bicyclic) bond motifs is 1. The van der Waals surface area contributed by atoms with E-state index >= 15 is 0 Å². The maximum atomic E-state index is 4.48. The average molecular weight is 320 g/mol. The standard InChI is InChI=1S/C13H14BrN5/c14-9-4-17-19(5-9)10-6-18(7-10)13-11-2-1-3-12(11)15-8-16-13/h4-5,8,10H,1-3,6-7H2. The first-order valence-electron chi connectivity index (χ1n) is 6.58. The van der Waals surface area contributed by atoms with E-state index in [-0.39, 0.29) is 0 Å². The molecule has 0 atom stereocenters. The third-order valence-electron chi connectivity index (χ3n) is 3.96. The third-order valence-corrected chi connectivity index (χ3v) is 4.37. The summed E-state index contributed by atoms with van der Waals surface area (Å²) >= 11 is 3.44. The average Bonchev–Trinajstić information content (AvgIpc) is 2.96. The van der Waals surface area contributed by atoms with E-state index in [1.807, 2.05) is 17.1 Å². The molecule has 6 heteroatoms. The van der Waals surface area contributed by atoms with Crippen molar-refractivity contribution in [1.82, 2.24) is 19.7 Å². The fourth-order valence-electron chi connectivity index (χ4n) is 2.92. The monoisotopic (exact) mass is 319 g/mol. The minimum absolute atomic E-state index is 0.457. The van der Waals surface area contributed by atoms with Crippen molar-refractivity contribution in [3.63, 3.8) is 0 Å². The Bertz CT molecular complexity index is 617. The van der Waals surface area contributed by atoms with E-state index in [1.54, 1.807) is 6.33 Å². The first kappa shape index (κ1) is 11.4. The van der Waals surface area contributed by atoms with Crippen LogP contribution >= 0.6 is 15.9 Å². The number of nitrogens with zero attached hydrogens (tertiary/aromatic N) is 5. The Labute approximate surface area is 119 Å². The Hall–Kier alpha value is -1.43. The lowest BCUT2D eigenvalue weighted by atomic mass is 10.1. The van der Waals surface area contributed by atoms with Gasteiger partial charge in [-0.1, -0.05) is 0 Å². The van der Waals surface area contributed by atoms with Crippen molar-refractivity contribution in [2.45, 2.75) is 25.3 Å². The molecule has 2 aromatic rings. The van der Waals surface area contributed by atoms with E-state index in [9.17, 15) is 0 Å². The number of anilines is 1. The Morgan fingerprint density at radius 3 is 2.89 bits per heavy atom. The zero-order chi connectivity index (χ0) is 12.8. The molecule has 0 N–H and O–H groups in total. The SMILES string of the molecule is Brc1cnn(C2CN(c3ncnc4c3CCC4)C2)c1. The summed E-state index contributed by atoms with van der Waals surface area (Å²) < 4.78 is 3.07. The molecule has 3 heterocycles. The Balaban J connectivity index is 1.53. The molecule has 98 valence electrons. The van der Waals surface area contributed by atoms with Gasteiger partial charge in [-0.05, 0) is 35.2 Å². The number of aryl methyl sites for hydroxylation is 1. The summed E-state index contributed by atoms with van der Waals surface area (Å²) in [4.78, 5) is 11.2. The van der Waals surface area contributed by atoms with Crippen LogP contribution in [0.1, 0.15) is 23.7 Å². The second-order valence-electron chi connectivity index (χ2n) is 5.17. The molecule has 0 bridgehead atoms. The topological polar surface area (TPSA) is 46.8 Å². The second-order valence-corrected chi connectivity index (χ2v) is 6.09. The number of rotatable bonds is 2. The van der Waals surface area contributed by atoms with Crippen LogP contribution in [0.5, 0.6) is 0 Å². The summed E-state index contributed by atoms with van der Waals surface area (Å²) in [6, 6.07) is 0.457. The highest BCUT2D eigenvalue weighted by molar-refractivity contribution is 9.10. The van der Waals surface area contributed by atoms with Gasteiger partial charge in [0.1, 0.15) is 12.1 Å². The number of aromatic nitrogens is 4. The summed E-state index contributed by atoms with van der Waals surface area (Å²) in [5.41, 5.74) is 2.61. The lowest BCUT2D eigenvalue weighted by Gasteiger charge is -2.40. The molecule has 0 radical (unpaired) electrons. The smallest absolute Gasteiger partial charge is 0.135 e. The van der Waals surface area contributed by atoms with E-state index < -0.39 is 0 Å². The molecule has 0 unspecified atom stereocenters. The van der Waals surface area contributed by atoms with Gasteiger partial charge < -0.3 is 4.90 Å². The van der Waals surface area contributed by atoms with Gasteiger partial charge in [-0.15, -0.1) is 0 Å². The quantitative estimate of drug-likeness (QED) is 0.849. The normalized spacial score (nSPS) is 18.5. The van der Waals surface area contributed by atoms with Crippen molar-refractivity contribution < 1.29 is 0 Å². The highest BCUT2D eigenvalue weighted by Gasteiger charge is 2.32. The van der Waals surface area contributed by atoms with Crippen molar-refractivity contribution in [1.29, 1.82) is 0 Å². The minimum Gasteiger partial charge on any atom is -0.352 e. The Morgan fingerprint density at radius 2 is 2.11 bits per heavy atom. The van der Waals surface area contributed by atoms with Crippen LogP contribution in [0.25, 0.3) is 0 Å².